The van der Waals surface area contributed by atoms with E-state index in [1.165, 1.54) is 13.8 Å². The van der Waals surface area contributed by atoms with E-state index in [-0.39, 0.29) is 24.2 Å². The van der Waals surface area contributed by atoms with E-state index in [2.05, 4.69) is 45.0 Å². The second kappa shape index (κ2) is 9.46. The van der Waals surface area contributed by atoms with Crippen LogP contribution in [0.3, 0.4) is 0 Å². The highest BCUT2D eigenvalue weighted by molar-refractivity contribution is 6.99. The third-order valence-electron chi connectivity index (χ3n) is 6.48. The third-order valence-corrected chi connectivity index (χ3v) is 11.5. The summed E-state index contributed by atoms with van der Waals surface area (Å²) in [5.41, 5.74) is -1.55. The van der Waals surface area contributed by atoms with Gasteiger partial charge in [-0.15, -0.1) is 0 Å². The van der Waals surface area contributed by atoms with Crippen molar-refractivity contribution in [3.63, 3.8) is 0 Å². The predicted octanol–water partition coefficient (Wildman–Crippen LogP) is 3.22. The largest absolute Gasteiger partial charge is 0.550 e. The van der Waals surface area contributed by atoms with E-state index in [0.717, 1.165) is 10.4 Å². The molecule has 32 heavy (non-hydrogen) atoms. The molecule has 0 aliphatic carbocycles. The second-order valence-corrected chi connectivity index (χ2v) is 14.6. The zero-order valence-corrected chi connectivity index (χ0v) is 20.6. The molecule has 0 aromatic heterocycles. The fourth-order valence-corrected chi connectivity index (χ4v) is 9.59. The zero-order valence-electron chi connectivity index (χ0n) is 19.6. The van der Waals surface area contributed by atoms with Crippen LogP contribution in [-0.2, 0) is 14.0 Å². The van der Waals surface area contributed by atoms with Gasteiger partial charge in [-0.05, 0) is 35.7 Å². The van der Waals surface area contributed by atoms with Crippen molar-refractivity contribution >= 4 is 24.7 Å². The van der Waals surface area contributed by atoms with Gasteiger partial charge in [0.25, 0.3) is 8.32 Å². The number of carboxylic acid groups (broad SMARTS) is 1. The Morgan fingerprint density at radius 2 is 1.53 bits per heavy atom. The quantitative estimate of drug-likeness (QED) is 0.571. The number of hydrogen-bond donors (Lipinski definition) is 0. The van der Waals surface area contributed by atoms with E-state index in [4.69, 9.17) is 9.16 Å². The monoisotopic (exact) mass is 457 g/mol. The van der Waals surface area contributed by atoms with Crippen molar-refractivity contribution in [3.05, 3.63) is 60.7 Å². The molecule has 1 unspecified atom stereocenters. The lowest BCUT2D eigenvalue weighted by Crippen LogP contribution is -2.67. The molecule has 6 heteroatoms. The van der Waals surface area contributed by atoms with Crippen LogP contribution < -0.4 is 15.5 Å². The highest BCUT2D eigenvalue weighted by Gasteiger charge is 2.51. The summed E-state index contributed by atoms with van der Waals surface area (Å²) in [5, 5.41) is 13.3. The molecule has 0 amide bonds. The Kier molecular flexibility index (Phi) is 7.27. The first-order valence-electron chi connectivity index (χ1n) is 11.2. The smallest absolute Gasteiger partial charge is 0.261 e. The number of alkyl halides is 1. The number of hydrogen-bond acceptors (Lipinski definition) is 4. The lowest BCUT2D eigenvalue weighted by Gasteiger charge is -2.43. The van der Waals surface area contributed by atoms with Crippen LogP contribution >= 0.6 is 0 Å². The summed E-state index contributed by atoms with van der Waals surface area (Å²) in [6.07, 6.45) is -0.985. The average molecular weight is 458 g/mol. The Morgan fingerprint density at radius 1 is 1.03 bits per heavy atom. The van der Waals surface area contributed by atoms with Gasteiger partial charge in [0.2, 0.25) is 0 Å². The van der Waals surface area contributed by atoms with E-state index in [1.807, 2.05) is 36.4 Å². The molecule has 0 spiro atoms. The maximum absolute atomic E-state index is 14.8. The molecular weight excluding hydrogens is 423 g/mol. The molecule has 0 N–H and O–H groups in total. The maximum atomic E-state index is 14.8. The van der Waals surface area contributed by atoms with Crippen molar-refractivity contribution in [2.75, 3.05) is 6.61 Å². The topological polar surface area (TPSA) is 58.6 Å². The summed E-state index contributed by atoms with van der Waals surface area (Å²) >= 11 is 0. The van der Waals surface area contributed by atoms with Crippen LogP contribution in [0.1, 0.15) is 47.5 Å². The van der Waals surface area contributed by atoms with Gasteiger partial charge in [0, 0.05) is 18.3 Å². The first-order valence-corrected chi connectivity index (χ1v) is 13.1. The summed E-state index contributed by atoms with van der Waals surface area (Å²) in [4.78, 5) is 11.2. The molecule has 0 radical (unpaired) electrons. The van der Waals surface area contributed by atoms with Crippen molar-refractivity contribution in [2.45, 2.75) is 70.4 Å². The number of carboxylic acids is 1. The molecular formula is C26H34FO4Si-. The van der Waals surface area contributed by atoms with Gasteiger partial charge < -0.3 is 19.1 Å². The van der Waals surface area contributed by atoms with Gasteiger partial charge in [-0.25, -0.2) is 4.39 Å². The number of halogens is 1. The van der Waals surface area contributed by atoms with Crippen molar-refractivity contribution in [2.24, 2.45) is 5.92 Å². The fraction of sp³-hybridized carbons (Fsp3) is 0.500. The summed E-state index contributed by atoms with van der Waals surface area (Å²) in [6.45, 7) is 9.83. The minimum atomic E-state index is -2.74. The number of rotatable bonds is 8. The highest BCUT2D eigenvalue weighted by atomic mass is 28.4. The van der Waals surface area contributed by atoms with Crippen LogP contribution in [-0.4, -0.2) is 38.8 Å². The Morgan fingerprint density at radius 3 is 1.94 bits per heavy atom. The molecule has 1 aliphatic heterocycles. The normalized spacial score (nSPS) is 22.1. The molecule has 1 saturated heterocycles. The van der Waals surface area contributed by atoms with Crippen molar-refractivity contribution in [1.82, 2.24) is 0 Å². The molecule has 2 aromatic carbocycles. The standard InChI is InChI=1S/C26H35FO4Si/c1-25(2,3)32(20-12-8-6-9-13-20,21-14-10-7-11-15-21)30-18-19-16-22(26(4,5)27)23(31-19)17-24(28)29/h6-15,19,22-23H,16-18H2,1-5H3,(H,28,29)/p-1/t19-,22+,23?/m0/s1. The lowest BCUT2D eigenvalue weighted by molar-refractivity contribution is -0.308. The van der Waals surface area contributed by atoms with Crippen molar-refractivity contribution in [3.8, 4) is 0 Å². The van der Waals surface area contributed by atoms with Crippen LogP contribution in [0.5, 0.6) is 0 Å². The minimum absolute atomic E-state index is 0.183. The molecule has 3 atom stereocenters. The Balaban J connectivity index is 1.94. The van der Waals surface area contributed by atoms with Gasteiger partial charge in [0.1, 0.15) is 5.67 Å². The van der Waals surface area contributed by atoms with Crippen molar-refractivity contribution < 1.29 is 23.5 Å². The molecule has 3 rings (SSSR count). The molecule has 1 fully saturated rings. The number of carbonyl (C=O) groups excluding carboxylic acids is 1. The van der Waals surface area contributed by atoms with Gasteiger partial charge in [-0.1, -0.05) is 81.4 Å². The predicted molar refractivity (Wildman–Crippen MR) is 125 cm³/mol. The second-order valence-electron chi connectivity index (χ2n) is 10.3. The summed E-state index contributed by atoms with van der Waals surface area (Å²) in [6, 6.07) is 20.6. The number of carbonyl (C=O) groups is 1. The molecule has 0 bridgehead atoms. The molecule has 2 aromatic rings. The highest BCUT2D eigenvalue weighted by Crippen LogP contribution is 2.41. The Labute approximate surface area is 191 Å². The maximum Gasteiger partial charge on any atom is 0.261 e. The van der Waals surface area contributed by atoms with Gasteiger partial charge in [0.15, 0.2) is 0 Å². The minimum Gasteiger partial charge on any atom is -0.550 e. The number of ether oxygens (including phenoxy) is 1. The van der Waals surface area contributed by atoms with Crippen molar-refractivity contribution in [1.29, 1.82) is 0 Å². The van der Waals surface area contributed by atoms with E-state index >= 15 is 0 Å². The van der Waals surface area contributed by atoms with Crippen LogP contribution in [0.4, 0.5) is 4.39 Å². The van der Waals surface area contributed by atoms with Gasteiger partial charge in [0.05, 0.1) is 18.8 Å². The lowest BCUT2D eigenvalue weighted by atomic mass is 9.84. The Bertz CT molecular complexity index is 850. The molecule has 4 nitrogen and oxygen atoms in total. The van der Waals surface area contributed by atoms with E-state index < -0.39 is 32.0 Å². The Hall–Kier alpha value is -2.02. The average Bonchev–Trinajstić information content (AvgIpc) is 3.11. The molecule has 1 heterocycles. The van der Waals surface area contributed by atoms with Crippen LogP contribution in [0.2, 0.25) is 5.04 Å². The van der Waals surface area contributed by atoms with E-state index in [1.54, 1.807) is 0 Å². The summed E-state index contributed by atoms with van der Waals surface area (Å²) in [7, 11) is -2.74. The summed E-state index contributed by atoms with van der Waals surface area (Å²) in [5.74, 6) is -1.74. The number of benzene rings is 2. The molecule has 0 saturated carbocycles. The molecule has 1 aliphatic rings. The van der Waals surface area contributed by atoms with Gasteiger partial charge in [-0.2, -0.15) is 0 Å². The van der Waals surface area contributed by atoms with E-state index in [0.29, 0.717) is 6.42 Å². The van der Waals surface area contributed by atoms with Crippen LogP contribution in [0.25, 0.3) is 0 Å². The van der Waals surface area contributed by atoms with Gasteiger partial charge in [-0.3, -0.25) is 0 Å². The van der Waals surface area contributed by atoms with Crippen LogP contribution in [0.15, 0.2) is 60.7 Å². The third kappa shape index (κ3) is 5.13. The van der Waals surface area contributed by atoms with Crippen LogP contribution in [0, 0.1) is 5.92 Å². The fourth-order valence-electron chi connectivity index (χ4n) is 5.00. The number of aliphatic carboxylic acids is 1. The molecule has 174 valence electrons. The first-order chi connectivity index (χ1) is 14.9. The SMILES string of the molecule is CC(C)(F)[C@@H]1C[C@@H](CO[Si](c2ccccc2)(c2ccccc2)C(C)(C)C)OC1CC(=O)[O-]. The van der Waals surface area contributed by atoms with E-state index in [9.17, 15) is 14.3 Å². The first kappa shape index (κ1) is 24.6. The zero-order chi connectivity index (χ0) is 23.6. The van der Waals surface area contributed by atoms with Gasteiger partial charge >= 0.3 is 0 Å². The summed E-state index contributed by atoms with van der Waals surface area (Å²) < 4.78 is 27.8.